The Kier molecular flexibility index (Phi) is 9.25. The molecule has 0 aliphatic carbocycles. The topological polar surface area (TPSA) is 153 Å². The van der Waals surface area contributed by atoms with Crippen LogP contribution in [0.5, 0.6) is 5.75 Å². The average Bonchev–Trinajstić information content (AvgIpc) is 3.69. The minimum Gasteiger partial charge on any atom is -0.482 e. The summed E-state index contributed by atoms with van der Waals surface area (Å²) < 4.78 is 37.8. The summed E-state index contributed by atoms with van der Waals surface area (Å²) in [6, 6.07) is 6.13. The fourth-order valence-electron chi connectivity index (χ4n) is 6.82. The summed E-state index contributed by atoms with van der Waals surface area (Å²) in [4.78, 5) is 57.3. The Morgan fingerprint density at radius 3 is 2.53 bits per heavy atom. The lowest BCUT2D eigenvalue weighted by molar-refractivity contribution is -0.136. The monoisotopic (exact) mass is 737 g/mol. The number of piperidine rings is 2. The zero-order valence-electron chi connectivity index (χ0n) is 27.2. The summed E-state index contributed by atoms with van der Waals surface area (Å²) in [6.07, 6.45) is 5.89. The summed E-state index contributed by atoms with van der Waals surface area (Å²) >= 11 is 12.4. The van der Waals surface area contributed by atoms with Crippen LogP contribution in [0.3, 0.4) is 0 Å². The molecule has 3 aliphatic rings. The number of aromatic nitrogens is 3. The lowest BCUT2D eigenvalue weighted by Gasteiger charge is -2.32. The average molecular weight is 739 g/mol. The van der Waals surface area contributed by atoms with E-state index in [-0.39, 0.29) is 63.7 Å². The molecule has 3 aliphatic heterocycles. The van der Waals surface area contributed by atoms with Gasteiger partial charge in [0, 0.05) is 65.7 Å². The standard InChI is InChI=1S/C35H31Cl2F2N7O5/c1-17(28-23(36)4-5-24(38)30(28)37)51-26-12-19(13-41-32(26)40)20-14-42-45(16-20)21-8-10-44(11-9-21)15-18-2-3-22-29(31(18)39)35(50)46(34(22)49)25-6-7-27(47)43-33(25)48/h2-5,12-14,16-17,21,25H,6-11,15H2,1H3,(H2,40,41)(H,43,47,48)/t17-,25?/m1/s1. The number of likely N-dealkylation sites (tertiary alicyclic amines) is 1. The number of nitrogen functional groups attached to an aromatic ring is 1. The number of benzene rings is 2. The van der Waals surface area contributed by atoms with E-state index in [1.54, 1.807) is 25.4 Å². The number of hydrogen-bond acceptors (Lipinski definition) is 9. The Labute approximate surface area is 300 Å². The third kappa shape index (κ3) is 6.43. The van der Waals surface area contributed by atoms with E-state index in [0.29, 0.717) is 24.2 Å². The molecule has 12 nitrogen and oxygen atoms in total. The van der Waals surface area contributed by atoms with E-state index in [2.05, 4.69) is 20.3 Å². The Morgan fingerprint density at radius 2 is 1.78 bits per heavy atom. The number of halogens is 4. The second-order valence-corrected chi connectivity index (χ2v) is 13.5. The molecule has 7 rings (SSSR count). The number of nitrogens with one attached hydrogen (secondary N) is 1. The van der Waals surface area contributed by atoms with E-state index in [0.717, 1.165) is 23.3 Å². The van der Waals surface area contributed by atoms with Crippen molar-refractivity contribution in [3.05, 3.63) is 92.9 Å². The lowest BCUT2D eigenvalue weighted by Crippen LogP contribution is -2.54. The largest absolute Gasteiger partial charge is 0.482 e. The first-order valence-electron chi connectivity index (χ1n) is 16.3. The highest BCUT2D eigenvalue weighted by atomic mass is 35.5. The van der Waals surface area contributed by atoms with Gasteiger partial charge < -0.3 is 10.5 Å². The molecule has 2 saturated heterocycles. The van der Waals surface area contributed by atoms with Gasteiger partial charge in [-0.15, -0.1) is 0 Å². The van der Waals surface area contributed by atoms with Crippen molar-refractivity contribution in [2.24, 2.45) is 0 Å². The van der Waals surface area contributed by atoms with Gasteiger partial charge in [-0.2, -0.15) is 5.10 Å². The van der Waals surface area contributed by atoms with Gasteiger partial charge in [0.25, 0.3) is 11.8 Å². The summed E-state index contributed by atoms with van der Waals surface area (Å²) in [5.41, 5.74) is 7.70. The maximum Gasteiger partial charge on any atom is 0.265 e. The molecule has 2 aromatic heterocycles. The smallest absolute Gasteiger partial charge is 0.265 e. The Hall–Kier alpha value is -4.92. The minimum atomic E-state index is -1.17. The van der Waals surface area contributed by atoms with E-state index < -0.39 is 47.4 Å². The highest BCUT2D eigenvalue weighted by Crippen LogP contribution is 2.38. The molecule has 4 amide bonds. The van der Waals surface area contributed by atoms with Gasteiger partial charge in [-0.25, -0.2) is 13.8 Å². The van der Waals surface area contributed by atoms with Crippen molar-refractivity contribution in [3.8, 4) is 16.9 Å². The van der Waals surface area contributed by atoms with Crippen LogP contribution in [0.15, 0.2) is 48.9 Å². The third-order valence-corrected chi connectivity index (χ3v) is 10.3. The van der Waals surface area contributed by atoms with Gasteiger partial charge >= 0.3 is 0 Å². The number of pyridine rings is 1. The molecule has 4 aromatic rings. The molecule has 1 unspecified atom stereocenters. The van der Waals surface area contributed by atoms with Gasteiger partial charge in [-0.1, -0.05) is 29.3 Å². The molecule has 51 heavy (non-hydrogen) atoms. The normalized spacial score (nSPS) is 19.0. The molecule has 0 bridgehead atoms. The number of imide groups is 2. The van der Waals surface area contributed by atoms with Gasteiger partial charge in [-0.05, 0) is 50.5 Å². The van der Waals surface area contributed by atoms with Gasteiger partial charge in [0.2, 0.25) is 11.8 Å². The Balaban J connectivity index is 0.993. The van der Waals surface area contributed by atoms with Gasteiger partial charge in [0.15, 0.2) is 11.6 Å². The summed E-state index contributed by atoms with van der Waals surface area (Å²) in [5.74, 6) is -3.85. The van der Waals surface area contributed by atoms with Crippen molar-refractivity contribution >= 4 is 52.6 Å². The van der Waals surface area contributed by atoms with Gasteiger partial charge in [0.1, 0.15) is 23.8 Å². The van der Waals surface area contributed by atoms with Crippen LogP contribution in [-0.4, -0.2) is 67.3 Å². The first-order valence-corrected chi connectivity index (χ1v) is 17.0. The zero-order valence-corrected chi connectivity index (χ0v) is 28.7. The highest BCUT2D eigenvalue weighted by Gasteiger charge is 2.46. The molecule has 0 spiro atoms. The second kappa shape index (κ2) is 13.7. The Morgan fingerprint density at radius 1 is 1.02 bits per heavy atom. The number of fused-ring (bicyclic) bond motifs is 1. The quantitative estimate of drug-likeness (QED) is 0.177. The number of amides is 4. The van der Waals surface area contributed by atoms with Crippen LogP contribution in [0, 0.1) is 11.6 Å². The zero-order chi connectivity index (χ0) is 36.1. The van der Waals surface area contributed by atoms with Crippen LogP contribution < -0.4 is 15.8 Å². The third-order valence-electron chi connectivity index (χ3n) is 9.56. The molecule has 16 heteroatoms. The van der Waals surface area contributed by atoms with Crippen molar-refractivity contribution in [3.63, 3.8) is 0 Å². The maximum absolute atomic E-state index is 15.8. The maximum atomic E-state index is 15.8. The number of hydrogen-bond donors (Lipinski definition) is 2. The van der Waals surface area contributed by atoms with E-state index in [4.69, 9.17) is 33.7 Å². The lowest BCUT2D eigenvalue weighted by atomic mass is 10.0. The van der Waals surface area contributed by atoms with Crippen LogP contribution in [0.2, 0.25) is 10.0 Å². The minimum absolute atomic E-state index is 0.00759. The Bertz CT molecular complexity index is 2100. The van der Waals surface area contributed by atoms with Gasteiger partial charge in [0.05, 0.1) is 28.4 Å². The van der Waals surface area contributed by atoms with Crippen molar-refractivity contribution in [1.29, 1.82) is 0 Å². The van der Waals surface area contributed by atoms with E-state index in [1.165, 1.54) is 24.3 Å². The molecule has 0 radical (unpaired) electrons. The molecular formula is C35H31Cl2F2N7O5. The molecule has 5 heterocycles. The molecule has 264 valence electrons. The summed E-state index contributed by atoms with van der Waals surface area (Å²) in [7, 11) is 0. The predicted molar refractivity (Wildman–Crippen MR) is 182 cm³/mol. The number of carbonyl (C=O) groups excluding carboxylic acids is 4. The van der Waals surface area contributed by atoms with Crippen LogP contribution >= 0.6 is 23.2 Å². The fraction of sp³-hybridized carbons (Fsp3) is 0.314. The van der Waals surface area contributed by atoms with Crippen molar-refractivity contribution in [2.75, 3.05) is 18.8 Å². The summed E-state index contributed by atoms with van der Waals surface area (Å²) in [6.45, 7) is 3.15. The van der Waals surface area contributed by atoms with E-state index in [9.17, 15) is 23.6 Å². The fourth-order valence-corrected chi connectivity index (χ4v) is 7.50. The first-order chi connectivity index (χ1) is 24.4. The number of nitrogens with zero attached hydrogens (tertiary/aromatic N) is 5. The number of rotatable bonds is 8. The van der Waals surface area contributed by atoms with Crippen molar-refractivity contribution < 1.29 is 32.7 Å². The van der Waals surface area contributed by atoms with Gasteiger partial charge in [-0.3, -0.25) is 39.0 Å². The SMILES string of the molecule is C[C@@H](Oc1cc(-c2cnn(C3CCN(Cc4ccc5c(c4F)C(=O)N(C4CCC(=O)NC4=O)C5=O)CC3)c2)cnc1N)c1c(Cl)ccc(F)c1Cl. The van der Waals surface area contributed by atoms with Crippen molar-refractivity contribution in [1.82, 2.24) is 29.9 Å². The second-order valence-electron chi connectivity index (χ2n) is 12.7. The highest BCUT2D eigenvalue weighted by molar-refractivity contribution is 6.36. The van der Waals surface area contributed by atoms with Crippen molar-refractivity contribution in [2.45, 2.75) is 57.3 Å². The molecular weight excluding hydrogens is 707 g/mol. The summed E-state index contributed by atoms with van der Waals surface area (Å²) in [5, 5.41) is 6.85. The predicted octanol–water partition coefficient (Wildman–Crippen LogP) is 5.49. The number of anilines is 1. The number of nitrogens with two attached hydrogens (primary N) is 1. The number of ether oxygens (including phenoxy) is 1. The van der Waals surface area contributed by atoms with E-state index >= 15 is 4.39 Å². The van der Waals surface area contributed by atoms with E-state index in [1.807, 2.05) is 10.9 Å². The first kappa shape index (κ1) is 34.5. The number of carbonyl (C=O) groups is 4. The molecule has 2 aromatic carbocycles. The molecule has 2 atom stereocenters. The molecule has 0 saturated carbocycles. The van der Waals surface area contributed by atoms with Crippen LogP contribution in [0.1, 0.15) is 76.6 Å². The van der Waals surface area contributed by atoms with Crippen LogP contribution in [-0.2, 0) is 16.1 Å². The molecule has 3 N–H and O–H groups in total. The van der Waals surface area contributed by atoms with Crippen LogP contribution in [0.25, 0.3) is 11.1 Å². The molecule has 2 fully saturated rings. The van der Waals surface area contributed by atoms with Crippen LogP contribution in [0.4, 0.5) is 14.6 Å².